The first-order valence-electron chi connectivity index (χ1n) is 6.45. The minimum absolute atomic E-state index is 0.157. The van der Waals surface area contributed by atoms with Crippen LogP contribution < -0.4 is 0 Å². The van der Waals surface area contributed by atoms with Gasteiger partial charge in [-0.2, -0.15) is 4.98 Å². The Morgan fingerprint density at radius 1 is 1.41 bits per heavy atom. The van der Waals surface area contributed by atoms with E-state index in [0.29, 0.717) is 11.8 Å². The van der Waals surface area contributed by atoms with Crippen LogP contribution in [0.4, 0.5) is 0 Å². The van der Waals surface area contributed by atoms with Crippen molar-refractivity contribution in [2.75, 3.05) is 13.1 Å². The standard InChI is InChI=1S/C12H19N3O2/c1-8-6-15(5-4-10(8)16)7-11-13-12(14-17-11)9-2-3-9/h8-10,16H,2-7H2,1H3. The molecule has 0 radical (unpaired) electrons. The maximum absolute atomic E-state index is 9.67. The van der Waals surface area contributed by atoms with Gasteiger partial charge in [-0.05, 0) is 25.2 Å². The molecule has 17 heavy (non-hydrogen) atoms. The Balaban J connectivity index is 1.58. The predicted octanol–water partition coefficient (Wildman–Crippen LogP) is 1.15. The first-order valence-corrected chi connectivity index (χ1v) is 6.45. The van der Waals surface area contributed by atoms with Gasteiger partial charge in [-0.15, -0.1) is 0 Å². The number of nitrogens with zero attached hydrogens (tertiary/aromatic N) is 3. The van der Waals surface area contributed by atoms with Crippen molar-refractivity contribution < 1.29 is 9.63 Å². The van der Waals surface area contributed by atoms with Crippen molar-refractivity contribution in [1.29, 1.82) is 0 Å². The summed E-state index contributed by atoms with van der Waals surface area (Å²) in [6.45, 7) is 4.62. The van der Waals surface area contributed by atoms with Crippen molar-refractivity contribution in [3.8, 4) is 0 Å². The van der Waals surface area contributed by atoms with Crippen molar-refractivity contribution in [3.63, 3.8) is 0 Å². The number of likely N-dealkylation sites (tertiary alicyclic amines) is 1. The smallest absolute Gasteiger partial charge is 0.240 e. The second-order valence-electron chi connectivity index (χ2n) is 5.39. The molecule has 0 amide bonds. The average Bonchev–Trinajstić information content (AvgIpc) is 3.06. The highest BCUT2D eigenvalue weighted by molar-refractivity contribution is 5.03. The van der Waals surface area contributed by atoms with Crippen molar-refractivity contribution >= 4 is 0 Å². The van der Waals surface area contributed by atoms with Crippen LogP contribution in [0.25, 0.3) is 0 Å². The predicted molar refractivity (Wildman–Crippen MR) is 61.3 cm³/mol. The summed E-state index contributed by atoms with van der Waals surface area (Å²) in [5.74, 6) is 2.48. The Bertz CT molecular complexity index is 389. The number of hydrogen-bond donors (Lipinski definition) is 1. The molecule has 94 valence electrons. The summed E-state index contributed by atoms with van der Waals surface area (Å²) in [6.07, 6.45) is 3.08. The van der Waals surface area contributed by atoms with Crippen molar-refractivity contribution in [2.45, 2.75) is 44.8 Å². The zero-order valence-electron chi connectivity index (χ0n) is 10.2. The topological polar surface area (TPSA) is 62.4 Å². The minimum atomic E-state index is -0.157. The van der Waals surface area contributed by atoms with Gasteiger partial charge in [0.25, 0.3) is 0 Å². The monoisotopic (exact) mass is 237 g/mol. The lowest BCUT2D eigenvalue weighted by atomic mass is 9.97. The molecule has 1 saturated heterocycles. The third-order valence-corrected chi connectivity index (χ3v) is 3.73. The molecular formula is C12H19N3O2. The van der Waals surface area contributed by atoms with Gasteiger partial charge >= 0.3 is 0 Å². The maximum Gasteiger partial charge on any atom is 0.240 e. The molecular weight excluding hydrogens is 218 g/mol. The van der Waals surface area contributed by atoms with Gasteiger partial charge in [-0.1, -0.05) is 12.1 Å². The molecule has 1 saturated carbocycles. The fourth-order valence-electron chi connectivity index (χ4n) is 2.39. The van der Waals surface area contributed by atoms with Crippen LogP contribution in [-0.4, -0.2) is 39.3 Å². The Kier molecular flexibility index (Phi) is 2.88. The van der Waals surface area contributed by atoms with Crippen LogP contribution in [0.5, 0.6) is 0 Å². The number of hydrogen-bond acceptors (Lipinski definition) is 5. The summed E-state index contributed by atoms with van der Waals surface area (Å²) in [5, 5.41) is 13.7. The van der Waals surface area contributed by atoms with Gasteiger partial charge in [0.15, 0.2) is 5.82 Å². The second kappa shape index (κ2) is 4.38. The lowest BCUT2D eigenvalue weighted by Gasteiger charge is -2.33. The number of piperidine rings is 1. The van der Waals surface area contributed by atoms with Gasteiger partial charge in [-0.3, -0.25) is 4.90 Å². The number of aliphatic hydroxyl groups excluding tert-OH is 1. The van der Waals surface area contributed by atoms with E-state index in [4.69, 9.17) is 4.52 Å². The number of aliphatic hydroxyl groups is 1. The molecule has 0 spiro atoms. The minimum Gasteiger partial charge on any atom is -0.393 e. The van der Waals surface area contributed by atoms with E-state index in [1.54, 1.807) is 0 Å². The van der Waals surface area contributed by atoms with Gasteiger partial charge in [-0.25, -0.2) is 0 Å². The van der Waals surface area contributed by atoms with Gasteiger partial charge in [0.1, 0.15) is 0 Å². The molecule has 2 aliphatic rings. The zero-order chi connectivity index (χ0) is 11.8. The van der Waals surface area contributed by atoms with E-state index in [1.165, 1.54) is 12.8 Å². The van der Waals surface area contributed by atoms with Crippen LogP contribution >= 0.6 is 0 Å². The highest BCUT2D eigenvalue weighted by Gasteiger charge is 2.30. The average molecular weight is 237 g/mol. The SMILES string of the molecule is CC1CN(Cc2nc(C3CC3)no2)CCC1O. The fraction of sp³-hybridized carbons (Fsp3) is 0.833. The van der Waals surface area contributed by atoms with Crippen LogP contribution in [-0.2, 0) is 6.54 Å². The molecule has 2 unspecified atom stereocenters. The molecule has 1 aromatic heterocycles. The maximum atomic E-state index is 9.67. The van der Waals surface area contributed by atoms with Gasteiger partial charge < -0.3 is 9.63 Å². The summed E-state index contributed by atoms with van der Waals surface area (Å²) >= 11 is 0. The molecule has 1 aliphatic heterocycles. The summed E-state index contributed by atoms with van der Waals surface area (Å²) in [5.41, 5.74) is 0. The van der Waals surface area contributed by atoms with Crippen molar-refractivity contribution in [1.82, 2.24) is 15.0 Å². The second-order valence-corrected chi connectivity index (χ2v) is 5.39. The fourth-order valence-corrected chi connectivity index (χ4v) is 2.39. The molecule has 5 nitrogen and oxygen atoms in total. The van der Waals surface area contributed by atoms with E-state index in [0.717, 1.165) is 37.8 Å². The molecule has 1 N–H and O–H groups in total. The quantitative estimate of drug-likeness (QED) is 0.854. The van der Waals surface area contributed by atoms with E-state index < -0.39 is 0 Å². The third kappa shape index (κ3) is 2.50. The zero-order valence-corrected chi connectivity index (χ0v) is 10.2. The molecule has 1 aliphatic carbocycles. The summed E-state index contributed by atoms with van der Waals surface area (Å²) in [7, 11) is 0. The van der Waals surface area contributed by atoms with Gasteiger partial charge in [0, 0.05) is 19.0 Å². The van der Waals surface area contributed by atoms with Crippen LogP contribution in [0, 0.1) is 5.92 Å². The highest BCUT2D eigenvalue weighted by atomic mass is 16.5. The summed E-state index contributed by atoms with van der Waals surface area (Å²) < 4.78 is 5.27. The summed E-state index contributed by atoms with van der Waals surface area (Å²) in [6, 6.07) is 0. The molecule has 0 aromatic carbocycles. The lowest BCUT2D eigenvalue weighted by molar-refractivity contribution is 0.0282. The Morgan fingerprint density at radius 2 is 2.24 bits per heavy atom. The van der Waals surface area contributed by atoms with E-state index in [9.17, 15) is 5.11 Å². The van der Waals surface area contributed by atoms with Gasteiger partial charge in [0.2, 0.25) is 5.89 Å². The molecule has 1 aromatic rings. The van der Waals surface area contributed by atoms with Crippen LogP contribution in [0.15, 0.2) is 4.52 Å². The number of rotatable bonds is 3. The largest absolute Gasteiger partial charge is 0.393 e. The Hall–Kier alpha value is -0.940. The lowest BCUT2D eigenvalue weighted by Crippen LogP contribution is -2.41. The van der Waals surface area contributed by atoms with Crippen LogP contribution in [0.3, 0.4) is 0 Å². The van der Waals surface area contributed by atoms with Gasteiger partial charge in [0.05, 0.1) is 12.6 Å². The Labute approximate surface area is 101 Å². The molecule has 5 heteroatoms. The normalized spacial score (nSPS) is 30.7. The van der Waals surface area contributed by atoms with Crippen LogP contribution in [0.2, 0.25) is 0 Å². The Morgan fingerprint density at radius 3 is 2.94 bits per heavy atom. The van der Waals surface area contributed by atoms with E-state index in [2.05, 4.69) is 22.0 Å². The highest BCUT2D eigenvalue weighted by Crippen LogP contribution is 2.38. The molecule has 2 fully saturated rings. The number of aromatic nitrogens is 2. The molecule has 0 bridgehead atoms. The first-order chi connectivity index (χ1) is 8.22. The first kappa shape index (κ1) is 11.2. The molecule has 2 heterocycles. The van der Waals surface area contributed by atoms with E-state index >= 15 is 0 Å². The van der Waals surface area contributed by atoms with E-state index in [-0.39, 0.29) is 6.10 Å². The summed E-state index contributed by atoms with van der Waals surface area (Å²) in [4.78, 5) is 6.71. The van der Waals surface area contributed by atoms with Crippen molar-refractivity contribution in [3.05, 3.63) is 11.7 Å². The third-order valence-electron chi connectivity index (χ3n) is 3.73. The molecule has 2 atom stereocenters. The van der Waals surface area contributed by atoms with E-state index in [1.807, 2.05) is 0 Å². The van der Waals surface area contributed by atoms with Crippen LogP contribution in [0.1, 0.15) is 43.8 Å². The molecule has 3 rings (SSSR count). The van der Waals surface area contributed by atoms with Crippen molar-refractivity contribution in [2.24, 2.45) is 5.92 Å².